The number of para-hydroxylation sites is 1. The highest BCUT2D eigenvalue weighted by molar-refractivity contribution is 9.10. The number of hydrogen-bond donors (Lipinski definition) is 0. The van der Waals surface area contributed by atoms with E-state index in [2.05, 4.69) is 20.9 Å². The maximum Gasteiger partial charge on any atom is 0.255 e. The van der Waals surface area contributed by atoms with Gasteiger partial charge in [-0.15, -0.1) is 0 Å². The summed E-state index contributed by atoms with van der Waals surface area (Å²) in [6, 6.07) is 17.5. The topological polar surface area (TPSA) is 34.9 Å². The molecule has 0 bridgehead atoms. The van der Waals surface area contributed by atoms with Crippen LogP contribution in [0, 0.1) is 0 Å². The summed E-state index contributed by atoms with van der Waals surface area (Å²) in [4.78, 5) is 17.3. The van der Waals surface area contributed by atoms with E-state index in [9.17, 15) is 4.79 Å². The van der Waals surface area contributed by atoms with Crippen LogP contribution in [0.25, 0.3) is 27.8 Å². The number of benzene rings is 2. The van der Waals surface area contributed by atoms with Crippen LogP contribution in [0.2, 0.25) is 15.1 Å². The molecule has 4 rings (SSSR count). The van der Waals surface area contributed by atoms with Crippen molar-refractivity contribution < 1.29 is 0 Å². The third kappa shape index (κ3) is 3.27. The molecule has 0 saturated carbocycles. The van der Waals surface area contributed by atoms with Crippen molar-refractivity contribution in [3.05, 3.63) is 90.7 Å². The van der Waals surface area contributed by atoms with Gasteiger partial charge in [-0.1, -0.05) is 59.1 Å². The van der Waals surface area contributed by atoms with Crippen molar-refractivity contribution in [2.24, 2.45) is 0 Å². The van der Waals surface area contributed by atoms with Crippen LogP contribution in [-0.4, -0.2) is 9.55 Å². The van der Waals surface area contributed by atoms with Gasteiger partial charge in [-0.05, 0) is 46.3 Å². The molecule has 4 aromatic rings. The van der Waals surface area contributed by atoms with Crippen molar-refractivity contribution in [3.63, 3.8) is 0 Å². The Balaban J connectivity index is 2.16. The Bertz CT molecular complexity index is 1230. The molecular weight excluding hydrogens is 470 g/mol. The predicted octanol–water partition coefficient (Wildman–Crippen LogP) is 6.78. The molecule has 7 heteroatoms. The van der Waals surface area contributed by atoms with E-state index in [-0.39, 0.29) is 5.56 Å². The number of pyridine rings is 2. The van der Waals surface area contributed by atoms with Crippen molar-refractivity contribution in [1.29, 1.82) is 0 Å². The van der Waals surface area contributed by atoms with Gasteiger partial charge in [0.25, 0.3) is 5.56 Å². The molecule has 2 aromatic heterocycles. The SMILES string of the molecule is O=c1ccc2c(-c3ccccc3Cl)nc(Br)cc2n1-c1c(Cl)cccc1Cl. The van der Waals surface area contributed by atoms with E-state index in [1.54, 1.807) is 36.4 Å². The van der Waals surface area contributed by atoms with E-state index in [1.807, 2.05) is 18.2 Å². The quantitative estimate of drug-likeness (QED) is 0.297. The molecule has 0 saturated heterocycles. The average Bonchev–Trinajstić information content (AvgIpc) is 2.63. The zero-order valence-electron chi connectivity index (χ0n) is 13.6. The second kappa shape index (κ2) is 7.28. The van der Waals surface area contributed by atoms with Crippen LogP contribution >= 0.6 is 50.7 Å². The maximum absolute atomic E-state index is 12.7. The molecule has 0 atom stereocenters. The Morgan fingerprint density at radius 1 is 0.852 bits per heavy atom. The first-order valence-corrected chi connectivity index (χ1v) is 9.81. The summed E-state index contributed by atoms with van der Waals surface area (Å²) in [7, 11) is 0. The lowest BCUT2D eigenvalue weighted by Crippen LogP contribution is -2.18. The van der Waals surface area contributed by atoms with Crippen LogP contribution in [-0.2, 0) is 0 Å². The fourth-order valence-corrected chi connectivity index (χ4v) is 4.19. The summed E-state index contributed by atoms with van der Waals surface area (Å²) < 4.78 is 2.06. The van der Waals surface area contributed by atoms with Gasteiger partial charge in [0.1, 0.15) is 4.60 Å². The number of rotatable bonds is 2. The summed E-state index contributed by atoms with van der Waals surface area (Å²) in [6.45, 7) is 0. The Labute approximate surface area is 178 Å². The molecule has 3 nitrogen and oxygen atoms in total. The van der Waals surface area contributed by atoms with Gasteiger partial charge in [-0.25, -0.2) is 4.98 Å². The molecule has 0 aliphatic rings. The van der Waals surface area contributed by atoms with Gasteiger partial charge in [-0.2, -0.15) is 0 Å². The van der Waals surface area contributed by atoms with Gasteiger partial charge in [0.2, 0.25) is 0 Å². The van der Waals surface area contributed by atoms with Crippen molar-refractivity contribution in [3.8, 4) is 16.9 Å². The maximum atomic E-state index is 12.7. The van der Waals surface area contributed by atoms with E-state index in [1.165, 1.54) is 10.6 Å². The van der Waals surface area contributed by atoms with E-state index in [4.69, 9.17) is 34.8 Å². The van der Waals surface area contributed by atoms with Gasteiger partial charge in [0.15, 0.2) is 0 Å². The lowest BCUT2D eigenvalue weighted by Gasteiger charge is -2.16. The van der Waals surface area contributed by atoms with Crippen molar-refractivity contribution in [2.75, 3.05) is 0 Å². The van der Waals surface area contributed by atoms with E-state index in [0.29, 0.717) is 36.6 Å². The predicted molar refractivity (Wildman–Crippen MR) is 116 cm³/mol. The van der Waals surface area contributed by atoms with Crippen LogP contribution in [0.3, 0.4) is 0 Å². The largest absolute Gasteiger partial charge is 0.274 e. The third-order valence-electron chi connectivity index (χ3n) is 4.15. The summed E-state index contributed by atoms with van der Waals surface area (Å²) in [5.41, 5.74) is 2.22. The van der Waals surface area contributed by atoms with Crippen LogP contribution < -0.4 is 5.56 Å². The molecule has 0 radical (unpaired) electrons. The molecule has 0 fully saturated rings. The first-order chi connectivity index (χ1) is 13.0. The third-order valence-corrected chi connectivity index (χ3v) is 5.50. The van der Waals surface area contributed by atoms with E-state index >= 15 is 0 Å². The number of fused-ring (bicyclic) bond motifs is 1. The Morgan fingerprint density at radius 3 is 2.22 bits per heavy atom. The van der Waals surface area contributed by atoms with Crippen LogP contribution in [0.15, 0.2) is 70.1 Å². The lowest BCUT2D eigenvalue weighted by molar-refractivity contribution is 1.04. The number of aromatic nitrogens is 2. The van der Waals surface area contributed by atoms with Gasteiger partial charge < -0.3 is 0 Å². The van der Waals surface area contributed by atoms with Gasteiger partial charge >= 0.3 is 0 Å². The second-order valence-electron chi connectivity index (χ2n) is 5.78. The Kier molecular flexibility index (Phi) is 4.99. The molecule has 0 spiro atoms. The molecule has 0 aliphatic heterocycles. The summed E-state index contributed by atoms with van der Waals surface area (Å²) in [6.07, 6.45) is 0. The molecule has 134 valence electrons. The fourth-order valence-electron chi connectivity index (χ4n) is 3.00. The minimum Gasteiger partial charge on any atom is -0.274 e. The molecule has 2 heterocycles. The van der Waals surface area contributed by atoms with Gasteiger partial charge in [-0.3, -0.25) is 9.36 Å². The second-order valence-corrected chi connectivity index (χ2v) is 7.82. The number of hydrogen-bond acceptors (Lipinski definition) is 2. The van der Waals surface area contributed by atoms with E-state index < -0.39 is 0 Å². The minimum absolute atomic E-state index is 0.249. The lowest BCUT2D eigenvalue weighted by atomic mass is 10.1. The number of nitrogens with zero attached hydrogens (tertiary/aromatic N) is 2. The zero-order chi connectivity index (χ0) is 19.1. The molecule has 2 aromatic carbocycles. The molecule has 27 heavy (non-hydrogen) atoms. The monoisotopic (exact) mass is 478 g/mol. The summed E-state index contributed by atoms with van der Waals surface area (Å²) in [5, 5.41) is 2.08. The smallest absolute Gasteiger partial charge is 0.255 e. The van der Waals surface area contributed by atoms with Gasteiger partial charge in [0.05, 0.1) is 26.9 Å². The Hall–Kier alpha value is -1.85. The van der Waals surface area contributed by atoms with Crippen molar-refractivity contribution in [2.45, 2.75) is 0 Å². The highest BCUT2D eigenvalue weighted by Crippen LogP contribution is 2.35. The van der Waals surface area contributed by atoms with Crippen molar-refractivity contribution >= 4 is 61.6 Å². The zero-order valence-corrected chi connectivity index (χ0v) is 17.4. The molecule has 0 amide bonds. The highest BCUT2D eigenvalue weighted by atomic mass is 79.9. The minimum atomic E-state index is -0.249. The van der Waals surface area contributed by atoms with Crippen LogP contribution in [0.5, 0.6) is 0 Å². The molecule has 0 N–H and O–H groups in total. The van der Waals surface area contributed by atoms with Gasteiger partial charge in [0, 0.05) is 22.0 Å². The molecule has 0 unspecified atom stereocenters. The fraction of sp³-hybridized carbons (Fsp3) is 0. The first kappa shape index (κ1) is 18.5. The average molecular weight is 481 g/mol. The number of halogens is 4. The normalized spacial score (nSPS) is 11.1. The Morgan fingerprint density at radius 2 is 1.52 bits per heavy atom. The van der Waals surface area contributed by atoms with Crippen LogP contribution in [0.4, 0.5) is 0 Å². The van der Waals surface area contributed by atoms with Crippen LogP contribution in [0.1, 0.15) is 0 Å². The molecular formula is C20H10BrCl3N2O. The van der Waals surface area contributed by atoms with E-state index in [0.717, 1.165) is 10.9 Å². The van der Waals surface area contributed by atoms with Crippen molar-refractivity contribution in [1.82, 2.24) is 9.55 Å². The highest BCUT2D eigenvalue weighted by Gasteiger charge is 2.17. The first-order valence-electron chi connectivity index (χ1n) is 7.89. The molecule has 0 aliphatic carbocycles. The standard InChI is InChI=1S/C20H10BrCl3N2O/c21-17-10-16-12(19(25-17)11-4-1-2-5-13(11)22)8-9-18(27)26(16)20-14(23)6-3-7-15(20)24/h1-10H. The summed E-state index contributed by atoms with van der Waals surface area (Å²) >= 11 is 22.6. The summed E-state index contributed by atoms with van der Waals surface area (Å²) in [5.74, 6) is 0.